The summed E-state index contributed by atoms with van der Waals surface area (Å²) in [6, 6.07) is -0.568. The second-order valence-electron chi connectivity index (χ2n) is 2.65. The number of rotatable bonds is 7. The molecule has 0 saturated carbocycles. The number of carboxylic acid groups (broad SMARTS) is 1. The fourth-order valence-corrected chi connectivity index (χ4v) is 0.837. The van der Waals surface area contributed by atoms with Crippen molar-refractivity contribution < 1.29 is 14.6 Å². The van der Waals surface area contributed by atoms with Crippen LogP contribution in [-0.4, -0.2) is 37.4 Å². The normalized spacial score (nSPS) is 12.8. The lowest BCUT2D eigenvalue weighted by Crippen LogP contribution is -2.40. The average molecular weight is 175 g/mol. The zero-order valence-corrected chi connectivity index (χ0v) is 7.67. The van der Waals surface area contributed by atoms with E-state index in [2.05, 4.69) is 12.2 Å². The van der Waals surface area contributed by atoms with Gasteiger partial charge in [-0.05, 0) is 13.0 Å². The Morgan fingerprint density at radius 2 is 2.33 bits per heavy atom. The Balaban J connectivity index is 3.56. The minimum atomic E-state index is -0.854. The SMILES string of the molecule is CCCCNC(COC)C(=O)O. The highest BCUT2D eigenvalue weighted by molar-refractivity contribution is 5.73. The number of carboxylic acids is 1. The van der Waals surface area contributed by atoms with Crippen LogP contribution < -0.4 is 5.32 Å². The molecule has 0 saturated heterocycles. The standard InChI is InChI=1S/C8H17NO3/c1-3-4-5-9-7(6-12-2)8(10)11/h7,9H,3-6H2,1-2H3,(H,10,11). The second kappa shape index (κ2) is 7.06. The van der Waals surface area contributed by atoms with E-state index in [1.54, 1.807) is 0 Å². The van der Waals surface area contributed by atoms with E-state index in [1.807, 2.05) is 0 Å². The fourth-order valence-electron chi connectivity index (χ4n) is 0.837. The van der Waals surface area contributed by atoms with E-state index in [1.165, 1.54) is 7.11 Å². The Morgan fingerprint density at radius 1 is 1.67 bits per heavy atom. The van der Waals surface area contributed by atoms with Crippen molar-refractivity contribution in [1.82, 2.24) is 5.32 Å². The van der Waals surface area contributed by atoms with Crippen LogP contribution in [0.3, 0.4) is 0 Å². The van der Waals surface area contributed by atoms with Crippen molar-refractivity contribution in [2.24, 2.45) is 0 Å². The summed E-state index contributed by atoms with van der Waals surface area (Å²) in [7, 11) is 1.50. The van der Waals surface area contributed by atoms with Gasteiger partial charge in [-0.15, -0.1) is 0 Å². The van der Waals surface area contributed by atoms with Crippen molar-refractivity contribution in [3.05, 3.63) is 0 Å². The number of hydrogen-bond acceptors (Lipinski definition) is 3. The van der Waals surface area contributed by atoms with E-state index in [-0.39, 0.29) is 6.61 Å². The maximum Gasteiger partial charge on any atom is 0.323 e. The summed E-state index contributed by atoms with van der Waals surface area (Å²) >= 11 is 0. The monoisotopic (exact) mass is 175 g/mol. The van der Waals surface area contributed by atoms with Crippen molar-refractivity contribution >= 4 is 5.97 Å². The molecule has 0 amide bonds. The third-order valence-corrected chi connectivity index (χ3v) is 1.55. The van der Waals surface area contributed by atoms with Crippen LogP contribution in [0.2, 0.25) is 0 Å². The Bertz CT molecular complexity index is 127. The van der Waals surface area contributed by atoms with Crippen LogP contribution in [0.25, 0.3) is 0 Å². The molecule has 4 heteroatoms. The molecule has 12 heavy (non-hydrogen) atoms. The van der Waals surface area contributed by atoms with Crippen LogP contribution in [0.1, 0.15) is 19.8 Å². The number of unbranched alkanes of at least 4 members (excludes halogenated alkanes) is 1. The number of aliphatic carboxylic acids is 1. The minimum absolute atomic E-state index is 0.221. The molecule has 0 aliphatic heterocycles. The molecule has 72 valence electrons. The molecule has 0 heterocycles. The van der Waals surface area contributed by atoms with Gasteiger partial charge in [0.1, 0.15) is 6.04 Å². The van der Waals surface area contributed by atoms with E-state index in [0.29, 0.717) is 0 Å². The van der Waals surface area contributed by atoms with Crippen LogP contribution in [0.15, 0.2) is 0 Å². The quantitative estimate of drug-likeness (QED) is 0.552. The molecule has 0 aromatic rings. The van der Waals surface area contributed by atoms with Gasteiger partial charge < -0.3 is 15.2 Å². The lowest BCUT2D eigenvalue weighted by Gasteiger charge is -2.12. The first kappa shape index (κ1) is 11.4. The summed E-state index contributed by atoms with van der Waals surface area (Å²) in [6.45, 7) is 3.02. The van der Waals surface area contributed by atoms with Gasteiger partial charge >= 0.3 is 5.97 Å². The lowest BCUT2D eigenvalue weighted by atomic mass is 10.3. The van der Waals surface area contributed by atoms with Gasteiger partial charge in [0.05, 0.1) is 6.61 Å². The van der Waals surface area contributed by atoms with Crippen LogP contribution in [0.5, 0.6) is 0 Å². The van der Waals surface area contributed by atoms with Gasteiger partial charge in [-0.3, -0.25) is 4.79 Å². The molecular weight excluding hydrogens is 158 g/mol. The zero-order valence-electron chi connectivity index (χ0n) is 7.67. The molecule has 0 radical (unpaired) electrons. The Morgan fingerprint density at radius 3 is 2.75 bits per heavy atom. The number of ether oxygens (including phenoxy) is 1. The van der Waals surface area contributed by atoms with Crippen LogP contribution in [-0.2, 0) is 9.53 Å². The predicted octanol–water partition coefficient (Wildman–Crippen LogP) is 0.476. The molecule has 0 spiro atoms. The number of methoxy groups -OCH3 is 1. The molecule has 0 fully saturated rings. The van der Waals surface area contributed by atoms with E-state index in [0.717, 1.165) is 19.4 Å². The Labute approximate surface area is 72.9 Å². The summed E-state index contributed by atoms with van der Waals surface area (Å²) in [5.74, 6) is -0.854. The van der Waals surface area contributed by atoms with Gasteiger partial charge in [0.25, 0.3) is 0 Å². The van der Waals surface area contributed by atoms with Crippen molar-refractivity contribution in [3.63, 3.8) is 0 Å². The molecule has 0 aromatic carbocycles. The van der Waals surface area contributed by atoms with Crippen molar-refractivity contribution in [3.8, 4) is 0 Å². The zero-order chi connectivity index (χ0) is 9.40. The largest absolute Gasteiger partial charge is 0.480 e. The van der Waals surface area contributed by atoms with E-state index < -0.39 is 12.0 Å². The van der Waals surface area contributed by atoms with Gasteiger partial charge in [0.2, 0.25) is 0 Å². The van der Waals surface area contributed by atoms with E-state index in [4.69, 9.17) is 9.84 Å². The Hall–Kier alpha value is -0.610. The summed E-state index contributed by atoms with van der Waals surface area (Å²) in [5, 5.41) is 11.6. The highest BCUT2D eigenvalue weighted by Gasteiger charge is 2.14. The van der Waals surface area contributed by atoms with Crippen molar-refractivity contribution in [1.29, 1.82) is 0 Å². The first-order valence-corrected chi connectivity index (χ1v) is 4.17. The molecule has 2 N–H and O–H groups in total. The van der Waals surface area contributed by atoms with Gasteiger partial charge in [0, 0.05) is 7.11 Å². The first-order chi connectivity index (χ1) is 5.72. The second-order valence-corrected chi connectivity index (χ2v) is 2.65. The van der Waals surface area contributed by atoms with Crippen molar-refractivity contribution in [2.75, 3.05) is 20.3 Å². The fraction of sp³-hybridized carbons (Fsp3) is 0.875. The number of hydrogen-bond donors (Lipinski definition) is 2. The molecule has 4 nitrogen and oxygen atoms in total. The molecule has 0 rings (SSSR count). The summed E-state index contributed by atoms with van der Waals surface area (Å²) in [5.41, 5.74) is 0. The molecule has 0 aliphatic rings. The van der Waals surface area contributed by atoms with Crippen LogP contribution >= 0.6 is 0 Å². The maximum absolute atomic E-state index is 10.5. The van der Waals surface area contributed by atoms with E-state index >= 15 is 0 Å². The van der Waals surface area contributed by atoms with Gasteiger partial charge in [-0.25, -0.2) is 0 Å². The molecule has 1 unspecified atom stereocenters. The summed E-state index contributed by atoms with van der Waals surface area (Å²) in [6.07, 6.45) is 2.06. The molecule has 1 atom stereocenters. The van der Waals surface area contributed by atoms with Crippen LogP contribution in [0.4, 0.5) is 0 Å². The third-order valence-electron chi connectivity index (χ3n) is 1.55. The van der Waals surface area contributed by atoms with Gasteiger partial charge in [-0.1, -0.05) is 13.3 Å². The smallest absolute Gasteiger partial charge is 0.323 e. The van der Waals surface area contributed by atoms with Gasteiger partial charge in [-0.2, -0.15) is 0 Å². The molecule has 0 aromatic heterocycles. The average Bonchev–Trinajstić information content (AvgIpc) is 2.03. The highest BCUT2D eigenvalue weighted by atomic mass is 16.5. The topological polar surface area (TPSA) is 58.6 Å². The third kappa shape index (κ3) is 5.09. The first-order valence-electron chi connectivity index (χ1n) is 4.17. The van der Waals surface area contributed by atoms with E-state index in [9.17, 15) is 4.79 Å². The number of nitrogens with one attached hydrogen (secondary N) is 1. The molecule has 0 bridgehead atoms. The predicted molar refractivity (Wildman–Crippen MR) is 46.2 cm³/mol. The number of carbonyl (C=O) groups is 1. The highest BCUT2D eigenvalue weighted by Crippen LogP contribution is 1.88. The molecule has 0 aliphatic carbocycles. The Kier molecular flexibility index (Phi) is 6.70. The van der Waals surface area contributed by atoms with Crippen LogP contribution in [0, 0.1) is 0 Å². The molecular formula is C8H17NO3. The summed E-state index contributed by atoms with van der Waals surface area (Å²) < 4.78 is 4.75. The van der Waals surface area contributed by atoms with Crippen molar-refractivity contribution in [2.45, 2.75) is 25.8 Å². The van der Waals surface area contributed by atoms with Gasteiger partial charge in [0.15, 0.2) is 0 Å². The lowest BCUT2D eigenvalue weighted by molar-refractivity contribution is -0.140. The maximum atomic E-state index is 10.5. The summed E-state index contributed by atoms with van der Waals surface area (Å²) in [4.78, 5) is 10.5. The minimum Gasteiger partial charge on any atom is -0.480 e.